The fraction of sp³-hybridized carbons (Fsp3) is 0.647. The Kier molecular flexibility index (Phi) is 8.33. The summed E-state index contributed by atoms with van der Waals surface area (Å²) in [5, 5.41) is 2.85. The van der Waals surface area contributed by atoms with Gasteiger partial charge in [0.25, 0.3) is 5.91 Å². The molecule has 5 heteroatoms. The molecule has 1 N–H and O–H groups in total. The molecule has 1 heterocycles. The summed E-state index contributed by atoms with van der Waals surface area (Å²) in [6.07, 6.45) is 7.67. The van der Waals surface area contributed by atoms with E-state index in [4.69, 9.17) is 4.42 Å². The van der Waals surface area contributed by atoms with Gasteiger partial charge in [0.1, 0.15) is 6.26 Å². The second-order valence-corrected chi connectivity index (χ2v) is 5.84. The molecule has 1 rings (SSSR count). The van der Waals surface area contributed by atoms with Crippen molar-refractivity contribution in [2.24, 2.45) is 0 Å². The lowest BCUT2D eigenvalue weighted by Crippen LogP contribution is -2.37. The molecule has 0 aliphatic heterocycles. The Morgan fingerprint density at radius 2 is 2.00 bits per heavy atom. The maximum absolute atomic E-state index is 12.4. The van der Waals surface area contributed by atoms with Crippen LogP contribution in [-0.4, -0.2) is 35.8 Å². The summed E-state index contributed by atoms with van der Waals surface area (Å²) < 4.78 is 4.98. The molecule has 22 heavy (non-hydrogen) atoms. The molecule has 0 aromatic carbocycles. The number of amides is 2. The zero-order chi connectivity index (χ0) is 16.4. The van der Waals surface area contributed by atoms with E-state index in [0.29, 0.717) is 25.1 Å². The number of furan rings is 1. The van der Waals surface area contributed by atoms with Gasteiger partial charge in [-0.15, -0.1) is 0 Å². The van der Waals surface area contributed by atoms with E-state index in [1.807, 2.05) is 13.8 Å². The van der Waals surface area contributed by atoms with Crippen LogP contribution in [0.3, 0.4) is 0 Å². The van der Waals surface area contributed by atoms with Gasteiger partial charge >= 0.3 is 0 Å². The van der Waals surface area contributed by atoms with Crippen molar-refractivity contribution in [2.75, 3.05) is 13.1 Å². The van der Waals surface area contributed by atoms with Crippen LogP contribution in [0.1, 0.15) is 63.2 Å². The minimum absolute atomic E-state index is 0.0199. The minimum atomic E-state index is -0.0670. The van der Waals surface area contributed by atoms with Gasteiger partial charge in [-0.3, -0.25) is 9.59 Å². The van der Waals surface area contributed by atoms with Crippen LogP contribution in [0.5, 0.6) is 0 Å². The van der Waals surface area contributed by atoms with E-state index in [0.717, 1.165) is 19.3 Å². The molecule has 1 aromatic rings. The number of nitrogens with one attached hydrogen (secondary N) is 1. The molecule has 124 valence electrons. The van der Waals surface area contributed by atoms with Crippen LogP contribution >= 0.6 is 0 Å². The summed E-state index contributed by atoms with van der Waals surface area (Å²) in [6.45, 7) is 7.13. The zero-order valence-corrected chi connectivity index (χ0v) is 13.9. The lowest BCUT2D eigenvalue weighted by Gasteiger charge is -2.22. The third-order valence-corrected chi connectivity index (χ3v) is 3.40. The van der Waals surface area contributed by atoms with E-state index in [1.165, 1.54) is 18.9 Å². The summed E-state index contributed by atoms with van der Waals surface area (Å²) in [7, 11) is 0. The topological polar surface area (TPSA) is 62.6 Å². The highest BCUT2D eigenvalue weighted by Crippen LogP contribution is 2.09. The largest absolute Gasteiger partial charge is 0.472 e. The minimum Gasteiger partial charge on any atom is -0.472 e. The molecule has 5 nitrogen and oxygen atoms in total. The van der Waals surface area contributed by atoms with Crippen molar-refractivity contribution in [3.05, 3.63) is 24.2 Å². The van der Waals surface area contributed by atoms with E-state index >= 15 is 0 Å². The summed E-state index contributed by atoms with van der Waals surface area (Å²) in [6, 6.07) is 1.78. The van der Waals surface area contributed by atoms with E-state index in [2.05, 4.69) is 12.2 Å². The number of unbranched alkanes of at least 4 members (excludes halogenated alkanes) is 3. The molecule has 0 aliphatic carbocycles. The first-order chi connectivity index (χ1) is 10.5. The Bertz CT molecular complexity index is 441. The third kappa shape index (κ3) is 6.78. The van der Waals surface area contributed by atoms with Crippen LogP contribution in [-0.2, 0) is 4.79 Å². The fourth-order valence-electron chi connectivity index (χ4n) is 2.24. The van der Waals surface area contributed by atoms with E-state index < -0.39 is 0 Å². The number of carbonyl (C=O) groups is 2. The lowest BCUT2D eigenvalue weighted by molar-refractivity contribution is -0.121. The molecule has 0 atom stereocenters. The number of rotatable bonds is 10. The van der Waals surface area contributed by atoms with Crippen molar-refractivity contribution in [1.82, 2.24) is 10.2 Å². The quantitative estimate of drug-likeness (QED) is 0.675. The Balaban J connectivity index is 2.53. The van der Waals surface area contributed by atoms with Crippen molar-refractivity contribution in [1.29, 1.82) is 0 Å². The van der Waals surface area contributed by atoms with E-state index in [-0.39, 0.29) is 17.9 Å². The maximum Gasteiger partial charge on any atom is 0.257 e. The van der Waals surface area contributed by atoms with Gasteiger partial charge in [0, 0.05) is 25.6 Å². The standard InChI is InChI=1S/C17H28N2O3/c1-4-5-6-7-10-19(11-8-16(20)18-14(2)3)17(21)15-9-12-22-13-15/h9,12-14H,4-8,10-11H2,1-3H3,(H,18,20). The van der Waals surface area contributed by atoms with Gasteiger partial charge in [-0.05, 0) is 26.3 Å². The van der Waals surface area contributed by atoms with Gasteiger partial charge in [-0.1, -0.05) is 26.2 Å². The Hall–Kier alpha value is -1.78. The molecule has 0 radical (unpaired) electrons. The smallest absolute Gasteiger partial charge is 0.257 e. The maximum atomic E-state index is 12.4. The monoisotopic (exact) mass is 308 g/mol. The zero-order valence-electron chi connectivity index (χ0n) is 13.9. The summed E-state index contributed by atoms with van der Waals surface area (Å²) >= 11 is 0. The predicted molar refractivity (Wildman–Crippen MR) is 86.6 cm³/mol. The van der Waals surface area contributed by atoms with Gasteiger partial charge in [0.2, 0.25) is 5.91 Å². The SMILES string of the molecule is CCCCCCN(CCC(=O)NC(C)C)C(=O)c1ccoc1. The second kappa shape index (κ2) is 10.0. The van der Waals surface area contributed by atoms with E-state index in [1.54, 1.807) is 11.0 Å². The first-order valence-corrected chi connectivity index (χ1v) is 8.15. The van der Waals surface area contributed by atoms with Gasteiger partial charge < -0.3 is 14.6 Å². The summed E-state index contributed by atoms with van der Waals surface area (Å²) in [5.74, 6) is -0.0869. The van der Waals surface area contributed by atoms with Crippen LogP contribution in [0.2, 0.25) is 0 Å². The Morgan fingerprint density at radius 3 is 2.59 bits per heavy atom. The summed E-state index contributed by atoms with van der Waals surface area (Å²) in [5.41, 5.74) is 0.541. The van der Waals surface area contributed by atoms with Crippen molar-refractivity contribution in [3.63, 3.8) is 0 Å². The molecule has 2 amide bonds. The molecule has 0 bridgehead atoms. The number of hydrogen-bond acceptors (Lipinski definition) is 3. The van der Waals surface area contributed by atoms with Crippen LogP contribution in [0.25, 0.3) is 0 Å². The first kappa shape index (κ1) is 18.3. The third-order valence-electron chi connectivity index (χ3n) is 3.40. The molecule has 0 fully saturated rings. The predicted octanol–water partition coefficient (Wildman–Crippen LogP) is 3.22. The van der Waals surface area contributed by atoms with Crippen molar-refractivity contribution < 1.29 is 14.0 Å². The molecule has 1 aromatic heterocycles. The summed E-state index contributed by atoms with van der Waals surface area (Å²) in [4.78, 5) is 26.0. The van der Waals surface area contributed by atoms with E-state index in [9.17, 15) is 9.59 Å². The Morgan fingerprint density at radius 1 is 1.23 bits per heavy atom. The number of hydrogen-bond donors (Lipinski definition) is 1. The number of carbonyl (C=O) groups excluding carboxylic acids is 2. The average molecular weight is 308 g/mol. The highest BCUT2D eigenvalue weighted by atomic mass is 16.3. The van der Waals surface area contributed by atoms with Crippen molar-refractivity contribution >= 4 is 11.8 Å². The lowest BCUT2D eigenvalue weighted by atomic mass is 10.2. The van der Waals surface area contributed by atoms with Crippen LogP contribution < -0.4 is 5.32 Å². The van der Waals surface area contributed by atoms with Gasteiger partial charge in [-0.2, -0.15) is 0 Å². The van der Waals surface area contributed by atoms with Crippen LogP contribution in [0, 0.1) is 0 Å². The van der Waals surface area contributed by atoms with Gasteiger partial charge in [0.05, 0.1) is 11.8 Å². The molecule has 0 saturated heterocycles. The van der Waals surface area contributed by atoms with Gasteiger partial charge in [0.15, 0.2) is 0 Å². The molecule has 0 saturated carbocycles. The van der Waals surface area contributed by atoms with Gasteiger partial charge in [-0.25, -0.2) is 0 Å². The van der Waals surface area contributed by atoms with Crippen molar-refractivity contribution in [2.45, 2.75) is 58.9 Å². The molecule has 0 spiro atoms. The molecular weight excluding hydrogens is 280 g/mol. The highest BCUT2D eigenvalue weighted by Gasteiger charge is 2.17. The molecular formula is C17H28N2O3. The number of nitrogens with zero attached hydrogens (tertiary/aromatic N) is 1. The Labute approximate surface area is 133 Å². The molecule has 0 unspecified atom stereocenters. The second-order valence-electron chi connectivity index (χ2n) is 5.84. The van der Waals surface area contributed by atoms with Crippen molar-refractivity contribution in [3.8, 4) is 0 Å². The van der Waals surface area contributed by atoms with Crippen LogP contribution in [0.4, 0.5) is 0 Å². The average Bonchev–Trinajstić information content (AvgIpc) is 2.99. The fourth-order valence-corrected chi connectivity index (χ4v) is 2.24. The highest BCUT2D eigenvalue weighted by molar-refractivity contribution is 5.94. The van der Waals surface area contributed by atoms with Crippen LogP contribution in [0.15, 0.2) is 23.0 Å². The first-order valence-electron chi connectivity index (χ1n) is 8.15. The normalized spacial score (nSPS) is 10.7. The molecule has 0 aliphatic rings.